The number of hydrogen-bond donors (Lipinski definition) is 1. The molecule has 0 spiro atoms. The maximum absolute atomic E-state index is 5.30. The molecule has 1 unspecified atom stereocenters. The molecule has 4 heteroatoms. The van der Waals surface area contributed by atoms with Crippen molar-refractivity contribution in [1.82, 2.24) is 4.40 Å². The SMILES string of the molecule is C=C1/C=C\C=C/Cc2cccc(-c3ccc4c(c3)c3c5sc6ccccc6c5cc5c6c(n4c53)N=C3C=CC=CC3N6)c2C1(C)C. The van der Waals surface area contributed by atoms with Crippen LogP contribution in [0.2, 0.25) is 0 Å². The lowest BCUT2D eigenvalue weighted by molar-refractivity contribution is 0.637. The first-order chi connectivity index (χ1) is 22.5. The lowest BCUT2D eigenvalue weighted by atomic mass is 9.72. The van der Waals surface area contributed by atoms with Crippen LogP contribution in [0.3, 0.4) is 0 Å². The van der Waals surface area contributed by atoms with Gasteiger partial charge in [-0.1, -0.05) is 105 Å². The second-order valence-electron chi connectivity index (χ2n) is 13.3. The summed E-state index contributed by atoms with van der Waals surface area (Å²) in [6, 6.07) is 25.2. The van der Waals surface area contributed by atoms with Crippen LogP contribution in [0.1, 0.15) is 25.0 Å². The van der Waals surface area contributed by atoms with Gasteiger partial charge in [-0.2, -0.15) is 0 Å². The number of aliphatic imine (C=N–C) groups is 1. The van der Waals surface area contributed by atoms with Crippen LogP contribution in [-0.2, 0) is 11.8 Å². The first kappa shape index (κ1) is 26.1. The van der Waals surface area contributed by atoms with Gasteiger partial charge in [0, 0.05) is 41.7 Å². The van der Waals surface area contributed by atoms with Gasteiger partial charge in [0.2, 0.25) is 0 Å². The molecule has 0 radical (unpaired) electrons. The molecule has 7 aromatic rings. The molecule has 1 N–H and O–H groups in total. The van der Waals surface area contributed by atoms with E-state index in [1.165, 1.54) is 69.6 Å². The van der Waals surface area contributed by atoms with E-state index in [0.717, 1.165) is 29.2 Å². The van der Waals surface area contributed by atoms with E-state index in [9.17, 15) is 0 Å². The second-order valence-corrected chi connectivity index (χ2v) is 14.3. The molecule has 3 nitrogen and oxygen atoms in total. The highest BCUT2D eigenvalue weighted by molar-refractivity contribution is 7.26. The Balaban J connectivity index is 1.33. The molecule has 1 atom stereocenters. The van der Waals surface area contributed by atoms with Gasteiger partial charge >= 0.3 is 0 Å². The van der Waals surface area contributed by atoms with E-state index in [-0.39, 0.29) is 11.5 Å². The van der Waals surface area contributed by atoms with Crippen LogP contribution < -0.4 is 5.32 Å². The van der Waals surface area contributed by atoms with Crippen LogP contribution in [0.4, 0.5) is 11.5 Å². The molecule has 4 heterocycles. The summed E-state index contributed by atoms with van der Waals surface area (Å²) in [6.07, 6.45) is 18.1. The number of nitrogens with zero attached hydrogens (tertiary/aromatic N) is 2. The Morgan fingerprint density at radius 1 is 0.891 bits per heavy atom. The second kappa shape index (κ2) is 9.18. The summed E-state index contributed by atoms with van der Waals surface area (Å²) in [7, 11) is 0. The summed E-state index contributed by atoms with van der Waals surface area (Å²) in [6.45, 7) is 9.15. The molecule has 2 aliphatic carbocycles. The Labute approximate surface area is 271 Å². The molecular weight excluding hydrogens is 579 g/mol. The molecule has 0 saturated carbocycles. The molecular formula is C42H31N3S. The predicted molar refractivity (Wildman–Crippen MR) is 199 cm³/mol. The van der Waals surface area contributed by atoms with Crippen LogP contribution in [0.15, 0.2) is 132 Å². The molecule has 220 valence electrons. The largest absolute Gasteiger partial charge is 0.370 e. The van der Waals surface area contributed by atoms with Crippen LogP contribution in [-0.4, -0.2) is 16.2 Å². The highest BCUT2D eigenvalue weighted by Gasteiger charge is 2.32. The summed E-state index contributed by atoms with van der Waals surface area (Å²) >= 11 is 1.90. The van der Waals surface area contributed by atoms with E-state index >= 15 is 0 Å². The zero-order valence-corrected chi connectivity index (χ0v) is 26.6. The number of rotatable bonds is 1. The minimum Gasteiger partial charge on any atom is -0.370 e. The minimum absolute atomic E-state index is 0.0840. The Bertz CT molecular complexity index is 2630. The Hall–Kier alpha value is -5.19. The molecule has 10 rings (SSSR count). The van der Waals surface area contributed by atoms with Gasteiger partial charge in [0.05, 0.1) is 28.5 Å². The number of benzene rings is 4. The van der Waals surface area contributed by atoms with E-state index in [2.05, 4.69) is 145 Å². The third kappa shape index (κ3) is 3.40. The zero-order chi connectivity index (χ0) is 30.7. The van der Waals surface area contributed by atoms with Gasteiger partial charge in [-0.25, -0.2) is 4.99 Å². The van der Waals surface area contributed by atoms with Crippen LogP contribution in [0.25, 0.3) is 58.5 Å². The summed E-state index contributed by atoms with van der Waals surface area (Å²) in [5.74, 6) is 0.994. The van der Waals surface area contributed by atoms with Gasteiger partial charge in [-0.3, -0.25) is 4.40 Å². The van der Waals surface area contributed by atoms with E-state index in [1.54, 1.807) is 0 Å². The van der Waals surface area contributed by atoms with Crippen molar-refractivity contribution in [2.24, 2.45) is 4.99 Å². The van der Waals surface area contributed by atoms with E-state index in [0.29, 0.717) is 0 Å². The summed E-state index contributed by atoms with van der Waals surface area (Å²) in [5.41, 5.74) is 10.7. The first-order valence-corrected chi connectivity index (χ1v) is 16.8. The topological polar surface area (TPSA) is 28.8 Å². The van der Waals surface area contributed by atoms with Gasteiger partial charge in [0.1, 0.15) is 0 Å². The highest BCUT2D eigenvalue weighted by atomic mass is 32.1. The number of nitrogens with one attached hydrogen (secondary N) is 1. The van der Waals surface area contributed by atoms with E-state index in [4.69, 9.17) is 4.99 Å². The van der Waals surface area contributed by atoms with Crippen molar-refractivity contribution in [3.8, 4) is 11.1 Å². The molecule has 0 amide bonds. The van der Waals surface area contributed by atoms with E-state index in [1.807, 2.05) is 11.3 Å². The smallest absolute Gasteiger partial charge is 0.162 e. The average molecular weight is 610 g/mol. The van der Waals surface area contributed by atoms with Crippen molar-refractivity contribution in [3.05, 3.63) is 139 Å². The molecule has 0 fully saturated rings. The molecule has 1 aliphatic heterocycles. The first-order valence-electron chi connectivity index (χ1n) is 16.0. The number of hydrogen-bond acceptors (Lipinski definition) is 3. The quantitative estimate of drug-likeness (QED) is 0.197. The third-order valence-electron chi connectivity index (χ3n) is 10.4. The predicted octanol–water partition coefficient (Wildman–Crippen LogP) is 11.2. The summed E-state index contributed by atoms with van der Waals surface area (Å²) in [5, 5.41) is 10.3. The van der Waals surface area contributed by atoms with E-state index < -0.39 is 0 Å². The lowest BCUT2D eigenvalue weighted by Gasteiger charge is -2.31. The number of fused-ring (bicyclic) bond motifs is 12. The van der Waals surface area contributed by atoms with Gasteiger partial charge < -0.3 is 5.32 Å². The van der Waals surface area contributed by atoms with Crippen molar-refractivity contribution < 1.29 is 0 Å². The number of thiophene rings is 1. The highest BCUT2D eigenvalue weighted by Crippen LogP contribution is 2.52. The normalized spacial score (nSPS) is 19.9. The third-order valence-corrected chi connectivity index (χ3v) is 11.6. The maximum Gasteiger partial charge on any atom is 0.162 e. The fourth-order valence-electron chi connectivity index (χ4n) is 8.04. The standard InChI is InChI=1S/C42H31N3S/c1-24-12-5-4-6-13-25-14-11-16-27(37(25)42(24,2)3)26-20-21-34-30(22-26)36-39-31(23-29-28-15-7-10-19-35(28)46-40(29)36)38-41(45(34)39)44-33-18-9-8-17-32(33)43-38/h4-12,14-23,32,43H,1,13H2,2-3H3/b6-4-,12-5-. The molecule has 3 aromatic heterocycles. The monoisotopic (exact) mass is 609 g/mol. The number of anilines is 1. The number of allylic oxidation sites excluding steroid dienone is 7. The van der Waals surface area contributed by atoms with Crippen LogP contribution in [0, 0.1) is 0 Å². The van der Waals surface area contributed by atoms with Gasteiger partial charge in [-0.15, -0.1) is 11.3 Å². The Kier molecular flexibility index (Phi) is 5.20. The minimum atomic E-state index is -0.225. The average Bonchev–Trinajstić information content (AvgIpc) is 3.73. The van der Waals surface area contributed by atoms with Gasteiger partial charge in [0.15, 0.2) is 5.82 Å². The lowest BCUT2D eigenvalue weighted by Crippen LogP contribution is -2.29. The molecule has 3 aliphatic rings. The fraction of sp³-hybridized carbons (Fsp3) is 0.119. The fourth-order valence-corrected chi connectivity index (χ4v) is 9.29. The van der Waals surface area contributed by atoms with Crippen molar-refractivity contribution in [2.75, 3.05) is 5.32 Å². The Morgan fingerprint density at radius 3 is 2.72 bits per heavy atom. The van der Waals surface area contributed by atoms with Crippen molar-refractivity contribution >= 4 is 75.9 Å². The Morgan fingerprint density at radius 2 is 1.78 bits per heavy atom. The number of aromatic nitrogens is 1. The maximum atomic E-state index is 5.30. The van der Waals surface area contributed by atoms with Gasteiger partial charge in [0.25, 0.3) is 0 Å². The summed E-state index contributed by atoms with van der Waals surface area (Å²) in [4.78, 5) is 5.30. The van der Waals surface area contributed by atoms with Gasteiger partial charge in [-0.05, 0) is 64.6 Å². The zero-order valence-electron chi connectivity index (χ0n) is 25.8. The molecule has 46 heavy (non-hydrogen) atoms. The van der Waals surface area contributed by atoms with Crippen LogP contribution in [0.5, 0.6) is 0 Å². The molecule has 0 bridgehead atoms. The summed E-state index contributed by atoms with van der Waals surface area (Å²) < 4.78 is 5.07. The van der Waals surface area contributed by atoms with Crippen molar-refractivity contribution in [2.45, 2.75) is 31.7 Å². The van der Waals surface area contributed by atoms with Crippen molar-refractivity contribution in [1.29, 1.82) is 0 Å². The molecule has 4 aromatic carbocycles. The molecule has 0 saturated heterocycles. The van der Waals surface area contributed by atoms with Crippen LogP contribution >= 0.6 is 11.3 Å². The van der Waals surface area contributed by atoms with Crippen molar-refractivity contribution in [3.63, 3.8) is 0 Å².